The van der Waals surface area contributed by atoms with E-state index in [9.17, 15) is 4.39 Å². The highest BCUT2D eigenvalue weighted by Gasteiger charge is 2.01. The van der Waals surface area contributed by atoms with Gasteiger partial charge >= 0.3 is 0 Å². The van der Waals surface area contributed by atoms with Crippen LogP contribution in [0.4, 0.5) is 4.39 Å². The summed E-state index contributed by atoms with van der Waals surface area (Å²) in [6, 6.07) is 2.70. The molecule has 0 atom stereocenters. The van der Waals surface area contributed by atoms with Crippen molar-refractivity contribution < 1.29 is 4.39 Å². The topological polar surface area (TPSA) is 85.4 Å². The van der Waals surface area contributed by atoms with Crippen molar-refractivity contribution in [1.29, 1.82) is 5.26 Å². The average Bonchev–Trinajstić information content (AvgIpc) is 2.25. The van der Waals surface area contributed by atoms with Gasteiger partial charge in [-0.3, -0.25) is 0 Å². The van der Waals surface area contributed by atoms with Crippen LogP contribution in [0.3, 0.4) is 0 Å². The molecular formula is C9H4FN5. The van der Waals surface area contributed by atoms with Crippen LogP contribution in [0.1, 0.15) is 11.3 Å². The van der Waals surface area contributed by atoms with Crippen LogP contribution < -0.4 is 0 Å². The average molecular weight is 201 g/mol. The van der Waals surface area contributed by atoms with E-state index in [0.29, 0.717) is 5.56 Å². The maximum absolute atomic E-state index is 13.0. The van der Waals surface area contributed by atoms with E-state index in [0.717, 1.165) is 6.07 Å². The van der Waals surface area contributed by atoms with Crippen molar-refractivity contribution in [2.24, 2.45) is 5.11 Å². The monoisotopic (exact) mass is 201 g/mol. The first-order chi connectivity index (χ1) is 7.27. The van der Waals surface area contributed by atoms with E-state index >= 15 is 0 Å². The lowest BCUT2D eigenvalue weighted by atomic mass is 10.2. The molecule has 0 aliphatic heterocycles. The minimum Gasteiger partial charge on any atom is -0.241 e. The minimum atomic E-state index is -0.715. The van der Waals surface area contributed by atoms with Crippen LogP contribution in [0.25, 0.3) is 10.4 Å². The zero-order chi connectivity index (χ0) is 11.1. The van der Waals surface area contributed by atoms with Gasteiger partial charge in [-0.1, -0.05) is 17.0 Å². The van der Waals surface area contributed by atoms with Gasteiger partial charge in [0.15, 0.2) is 11.5 Å². The third-order valence-corrected chi connectivity index (χ3v) is 1.39. The van der Waals surface area contributed by atoms with Crippen LogP contribution in [-0.2, 0) is 0 Å². The molecule has 0 radical (unpaired) electrons. The summed E-state index contributed by atoms with van der Waals surface area (Å²) in [5.74, 6) is 4.34. The van der Waals surface area contributed by atoms with Crippen LogP contribution in [-0.4, -0.2) is 11.5 Å². The van der Waals surface area contributed by atoms with Gasteiger partial charge in [-0.2, -0.15) is 5.26 Å². The number of halogens is 1. The second-order valence-corrected chi connectivity index (χ2v) is 2.36. The third-order valence-electron chi connectivity index (χ3n) is 1.39. The Bertz CT molecular complexity index is 514. The van der Waals surface area contributed by atoms with Gasteiger partial charge < -0.3 is 0 Å². The predicted octanol–water partition coefficient (Wildman–Crippen LogP) is 1.75. The van der Waals surface area contributed by atoms with Gasteiger partial charge in [-0.05, 0) is 11.6 Å². The van der Waals surface area contributed by atoms with Gasteiger partial charge in [-0.25, -0.2) is 9.37 Å². The summed E-state index contributed by atoms with van der Waals surface area (Å²) in [7, 11) is 0. The first-order valence-electron chi connectivity index (χ1n) is 3.83. The Hall–Kier alpha value is -2.56. The van der Waals surface area contributed by atoms with Gasteiger partial charge in [0.2, 0.25) is 0 Å². The third kappa shape index (κ3) is 3.00. The maximum atomic E-state index is 13.0. The molecule has 6 heteroatoms. The van der Waals surface area contributed by atoms with E-state index < -0.39 is 5.82 Å². The molecule has 1 rings (SSSR count). The van der Waals surface area contributed by atoms with Crippen molar-refractivity contribution in [3.63, 3.8) is 0 Å². The van der Waals surface area contributed by atoms with Crippen LogP contribution in [0, 0.1) is 29.0 Å². The number of azide groups is 1. The SMILES string of the molecule is N#Cc1ncc(C#CCN=[N+]=[N-])cc1F. The molecule has 0 N–H and O–H groups in total. The van der Waals surface area contributed by atoms with E-state index in [1.807, 2.05) is 0 Å². The predicted molar refractivity (Wildman–Crippen MR) is 49.8 cm³/mol. The second-order valence-electron chi connectivity index (χ2n) is 2.36. The summed E-state index contributed by atoms with van der Waals surface area (Å²) < 4.78 is 13.0. The Morgan fingerprint density at radius 2 is 2.47 bits per heavy atom. The smallest absolute Gasteiger partial charge is 0.176 e. The van der Waals surface area contributed by atoms with Crippen LogP contribution in [0.5, 0.6) is 0 Å². The first kappa shape index (κ1) is 10.5. The fourth-order valence-corrected chi connectivity index (χ4v) is 0.797. The van der Waals surface area contributed by atoms with Gasteiger partial charge in [0, 0.05) is 16.7 Å². The van der Waals surface area contributed by atoms with Gasteiger partial charge in [-0.15, -0.1) is 0 Å². The zero-order valence-electron chi connectivity index (χ0n) is 7.48. The van der Waals surface area contributed by atoms with E-state index in [2.05, 4.69) is 26.9 Å². The number of hydrogen-bond donors (Lipinski definition) is 0. The normalized spacial score (nSPS) is 8.00. The van der Waals surface area contributed by atoms with Crippen LogP contribution in [0.2, 0.25) is 0 Å². The Morgan fingerprint density at radius 1 is 1.67 bits per heavy atom. The zero-order valence-corrected chi connectivity index (χ0v) is 7.48. The molecule has 0 aliphatic rings. The molecule has 0 unspecified atom stereocenters. The molecule has 1 heterocycles. The second kappa shape index (κ2) is 5.23. The fourth-order valence-electron chi connectivity index (χ4n) is 0.797. The van der Waals surface area contributed by atoms with Crippen LogP contribution >= 0.6 is 0 Å². The molecule has 0 amide bonds. The molecule has 5 nitrogen and oxygen atoms in total. The summed E-state index contributed by atoms with van der Waals surface area (Å²) in [5, 5.41) is 11.6. The summed E-state index contributed by atoms with van der Waals surface area (Å²) >= 11 is 0. The lowest BCUT2D eigenvalue weighted by molar-refractivity contribution is 0.616. The Kier molecular flexibility index (Phi) is 3.67. The molecule has 15 heavy (non-hydrogen) atoms. The number of nitriles is 1. The van der Waals surface area contributed by atoms with E-state index in [1.165, 1.54) is 6.20 Å². The van der Waals surface area contributed by atoms with Gasteiger partial charge in [0.25, 0.3) is 0 Å². The molecule has 0 saturated heterocycles. The molecule has 0 spiro atoms. The van der Waals surface area contributed by atoms with E-state index in [1.54, 1.807) is 6.07 Å². The lowest BCUT2D eigenvalue weighted by Gasteiger charge is -1.92. The molecule has 0 saturated carbocycles. The maximum Gasteiger partial charge on any atom is 0.176 e. The summed E-state index contributed by atoms with van der Waals surface area (Å²) in [6.45, 7) is 0.0120. The number of hydrogen-bond acceptors (Lipinski definition) is 3. The highest BCUT2D eigenvalue weighted by atomic mass is 19.1. The molecular weight excluding hydrogens is 197 g/mol. The number of rotatable bonds is 1. The molecule has 1 aromatic rings. The Morgan fingerprint density at radius 3 is 3.07 bits per heavy atom. The molecule has 0 aliphatic carbocycles. The summed E-state index contributed by atoms with van der Waals surface area (Å²) in [6.07, 6.45) is 1.28. The first-order valence-corrected chi connectivity index (χ1v) is 3.83. The van der Waals surface area contributed by atoms with Crippen molar-refractivity contribution in [3.05, 3.63) is 39.8 Å². The highest BCUT2D eigenvalue weighted by molar-refractivity contribution is 5.36. The largest absolute Gasteiger partial charge is 0.241 e. The molecule has 0 aromatic carbocycles. The minimum absolute atomic E-state index is 0.0120. The van der Waals surface area contributed by atoms with Gasteiger partial charge in [0.1, 0.15) is 6.07 Å². The number of nitrogens with zero attached hydrogens (tertiary/aromatic N) is 5. The van der Waals surface area contributed by atoms with Crippen molar-refractivity contribution in [3.8, 4) is 17.9 Å². The fraction of sp³-hybridized carbons (Fsp3) is 0.111. The standard InChI is InChI=1S/C9H4FN5/c10-8-4-7(2-1-3-14-15-12)6-13-9(8)5-11/h4,6H,3H2. The Balaban J connectivity index is 2.88. The summed E-state index contributed by atoms with van der Waals surface area (Å²) in [4.78, 5) is 6.06. The van der Waals surface area contributed by atoms with E-state index in [4.69, 9.17) is 10.8 Å². The molecule has 1 aromatic heterocycles. The summed E-state index contributed by atoms with van der Waals surface area (Å²) in [5.41, 5.74) is 8.02. The van der Waals surface area contributed by atoms with E-state index in [-0.39, 0.29) is 12.2 Å². The quantitative estimate of drug-likeness (QED) is 0.300. The lowest BCUT2D eigenvalue weighted by Crippen LogP contribution is -1.90. The van der Waals surface area contributed by atoms with Crippen LogP contribution in [0.15, 0.2) is 17.4 Å². The number of aromatic nitrogens is 1. The highest BCUT2D eigenvalue weighted by Crippen LogP contribution is 2.04. The molecule has 0 bridgehead atoms. The Labute approximate surface area is 84.8 Å². The van der Waals surface area contributed by atoms with Crippen molar-refractivity contribution in [2.45, 2.75) is 0 Å². The van der Waals surface area contributed by atoms with Gasteiger partial charge in [0.05, 0.1) is 6.54 Å². The van der Waals surface area contributed by atoms with Crippen molar-refractivity contribution >= 4 is 0 Å². The number of pyridine rings is 1. The molecule has 0 fully saturated rings. The van der Waals surface area contributed by atoms with Crippen molar-refractivity contribution in [1.82, 2.24) is 4.98 Å². The van der Waals surface area contributed by atoms with Crippen molar-refractivity contribution in [2.75, 3.05) is 6.54 Å². The molecule has 72 valence electrons.